The van der Waals surface area contributed by atoms with Crippen LogP contribution in [0.1, 0.15) is 69.1 Å². The van der Waals surface area contributed by atoms with Crippen molar-refractivity contribution in [1.82, 2.24) is 0 Å². The minimum Gasteiger partial charge on any atom is -0.449 e. The molecule has 0 aliphatic carbocycles. The number of cyclic esters (lactones) is 1. The summed E-state index contributed by atoms with van der Waals surface area (Å²) >= 11 is 0. The van der Waals surface area contributed by atoms with Crippen LogP contribution >= 0.6 is 0 Å². The summed E-state index contributed by atoms with van der Waals surface area (Å²) in [6, 6.07) is 11.7. The first kappa shape index (κ1) is 23.1. The van der Waals surface area contributed by atoms with Crippen molar-refractivity contribution in [1.29, 1.82) is 0 Å². The molecular weight excluding hydrogens is 416 g/mol. The molecule has 0 N–H and O–H groups in total. The number of fused-ring (bicyclic) bond motifs is 1. The Morgan fingerprint density at radius 3 is 1.94 bits per heavy atom. The summed E-state index contributed by atoms with van der Waals surface area (Å²) in [5.74, 6) is -0.850. The van der Waals surface area contributed by atoms with Gasteiger partial charge < -0.3 is 23.7 Å². The molecule has 0 amide bonds. The van der Waals surface area contributed by atoms with Crippen LogP contribution in [0.15, 0.2) is 42.5 Å². The third kappa shape index (κ3) is 5.57. The number of carbonyl (C=O) groups excluding carboxylic acids is 3. The van der Waals surface area contributed by atoms with Crippen molar-refractivity contribution in [3.8, 4) is 11.5 Å². The lowest BCUT2D eigenvalue weighted by atomic mass is 9.98. The normalized spacial score (nSPS) is 15.4. The van der Waals surface area contributed by atoms with Crippen molar-refractivity contribution in [3.05, 3.63) is 59.2 Å². The van der Waals surface area contributed by atoms with Crippen LogP contribution in [0.25, 0.3) is 0 Å². The van der Waals surface area contributed by atoms with Gasteiger partial charge in [0.15, 0.2) is 17.6 Å². The topological polar surface area (TPSA) is 97.4 Å². The number of benzene rings is 2. The summed E-state index contributed by atoms with van der Waals surface area (Å²) in [6.45, 7) is 10.1. The zero-order chi connectivity index (χ0) is 23.7. The number of hydrogen-bond acceptors (Lipinski definition) is 8. The van der Waals surface area contributed by atoms with Crippen molar-refractivity contribution < 1.29 is 38.1 Å². The Hall–Kier alpha value is -3.55. The zero-order valence-electron chi connectivity index (χ0n) is 18.9. The number of rotatable bonds is 3. The summed E-state index contributed by atoms with van der Waals surface area (Å²) in [5, 5.41) is 0. The smallest absolute Gasteiger partial charge is 0.449 e. The van der Waals surface area contributed by atoms with E-state index in [1.54, 1.807) is 65.8 Å². The van der Waals surface area contributed by atoms with Gasteiger partial charge in [-0.1, -0.05) is 30.3 Å². The molecule has 1 aliphatic rings. The Balaban J connectivity index is 2.07. The minimum absolute atomic E-state index is 0.108. The van der Waals surface area contributed by atoms with Crippen LogP contribution in [-0.2, 0) is 14.2 Å². The fourth-order valence-electron chi connectivity index (χ4n) is 3.01. The molecule has 2 aromatic carbocycles. The molecular formula is C24H26O8. The van der Waals surface area contributed by atoms with Crippen LogP contribution in [0.5, 0.6) is 11.5 Å². The van der Waals surface area contributed by atoms with E-state index in [1.807, 2.05) is 6.07 Å². The Morgan fingerprint density at radius 2 is 1.38 bits per heavy atom. The SMILES string of the molecule is CC(C)(C)OC(=O)Oc1ccc2c(c1OC(=O)OC(C)(C)C)C(c1ccccc1)OC2=O. The third-order valence-electron chi connectivity index (χ3n) is 4.13. The van der Waals surface area contributed by atoms with Gasteiger partial charge in [0, 0.05) is 0 Å². The van der Waals surface area contributed by atoms with Crippen molar-refractivity contribution in [2.45, 2.75) is 58.8 Å². The zero-order valence-corrected chi connectivity index (χ0v) is 18.9. The van der Waals surface area contributed by atoms with Gasteiger partial charge in [-0.2, -0.15) is 0 Å². The third-order valence-corrected chi connectivity index (χ3v) is 4.13. The second-order valence-corrected chi connectivity index (χ2v) is 9.18. The molecule has 3 rings (SSSR count). The van der Waals surface area contributed by atoms with Crippen LogP contribution in [0, 0.1) is 0 Å². The summed E-state index contributed by atoms with van der Waals surface area (Å²) < 4.78 is 26.8. The minimum atomic E-state index is -1.02. The van der Waals surface area contributed by atoms with E-state index in [1.165, 1.54) is 12.1 Å². The van der Waals surface area contributed by atoms with Crippen molar-refractivity contribution in [2.24, 2.45) is 0 Å². The highest BCUT2D eigenvalue weighted by Gasteiger charge is 2.39. The van der Waals surface area contributed by atoms with Gasteiger partial charge in [0.2, 0.25) is 0 Å². The van der Waals surface area contributed by atoms with Gasteiger partial charge in [0.1, 0.15) is 11.2 Å². The van der Waals surface area contributed by atoms with E-state index in [9.17, 15) is 14.4 Å². The van der Waals surface area contributed by atoms with Gasteiger partial charge in [-0.05, 0) is 59.2 Å². The molecule has 0 fully saturated rings. The quantitative estimate of drug-likeness (QED) is 0.345. The lowest BCUT2D eigenvalue weighted by Crippen LogP contribution is -2.27. The molecule has 8 heteroatoms. The molecule has 0 saturated heterocycles. The van der Waals surface area contributed by atoms with Crippen molar-refractivity contribution in [3.63, 3.8) is 0 Å². The van der Waals surface area contributed by atoms with Crippen LogP contribution in [0.3, 0.4) is 0 Å². The maximum absolute atomic E-state index is 12.5. The maximum Gasteiger partial charge on any atom is 0.514 e. The first-order chi connectivity index (χ1) is 14.8. The number of esters is 1. The molecule has 170 valence electrons. The Bertz CT molecular complexity index is 1030. The predicted molar refractivity (Wildman–Crippen MR) is 114 cm³/mol. The average Bonchev–Trinajstić information content (AvgIpc) is 2.98. The van der Waals surface area contributed by atoms with E-state index in [4.69, 9.17) is 23.7 Å². The molecule has 1 atom stereocenters. The molecule has 0 radical (unpaired) electrons. The molecule has 1 aliphatic heterocycles. The van der Waals surface area contributed by atoms with Crippen molar-refractivity contribution in [2.75, 3.05) is 0 Å². The molecule has 0 spiro atoms. The Labute approximate surface area is 186 Å². The highest BCUT2D eigenvalue weighted by atomic mass is 16.8. The number of ether oxygens (including phenoxy) is 5. The predicted octanol–water partition coefficient (Wildman–Crippen LogP) is 5.57. The molecule has 0 bridgehead atoms. The molecule has 0 aromatic heterocycles. The molecule has 2 aromatic rings. The van der Waals surface area contributed by atoms with Crippen LogP contribution in [-0.4, -0.2) is 29.5 Å². The highest BCUT2D eigenvalue weighted by molar-refractivity contribution is 5.96. The van der Waals surface area contributed by atoms with E-state index in [0.29, 0.717) is 5.56 Å². The molecule has 0 saturated carbocycles. The van der Waals surface area contributed by atoms with Crippen molar-refractivity contribution >= 4 is 18.3 Å². The van der Waals surface area contributed by atoms with E-state index in [2.05, 4.69) is 0 Å². The summed E-state index contributed by atoms with van der Waals surface area (Å²) in [4.78, 5) is 37.3. The Kier molecular flexibility index (Phi) is 6.16. The molecule has 32 heavy (non-hydrogen) atoms. The van der Waals surface area contributed by atoms with Crippen LogP contribution in [0.2, 0.25) is 0 Å². The van der Waals surface area contributed by atoms with Gasteiger partial charge >= 0.3 is 18.3 Å². The van der Waals surface area contributed by atoms with E-state index in [-0.39, 0.29) is 22.6 Å². The fraction of sp³-hybridized carbons (Fsp3) is 0.375. The molecule has 1 unspecified atom stereocenters. The van der Waals surface area contributed by atoms with E-state index >= 15 is 0 Å². The Morgan fingerprint density at radius 1 is 0.812 bits per heavy atom. The highest BCUT2D eigenvalue weighted by Crippen LogP contribution is 2.46. The lowest BCUT2D eigenvalue weighted by Gasteiger charge is -2.22. The van der Waals surface area contributed by atoms with Gasteiger partial charge in [-0.3, -0.25) is 0 Å². The van der Waals surface area contributed by atoms with Crippen LogP contribution in [0.4, 0.5) is 9.59 Å². The molecule has 8 nitrogen and oxygen atoms in total. The summed E-state index contributed by atoms with van der Waals surface area (Å²) in [5.41, 5.74) is -0.525. The number of hydrogen-bond donors (Lipinski definition) is 0. The van der Waals surface area contributed by atoms with E-state index < -0.39 is 35.6 Å². The number of carbonyl (C=O) groups is 3. The van der Waals surface area contributed by atoms with E-state index in [0.717, 1.165) is 0 Å². The monoisotopic (exact) mass is 442 g/mol. The standard InChI is InChI=1S/C24H26O8/c1-23(2,3)31-21(26)28-16-13-12-15-17(19(16)30-22(27)32-24(4,5)6)18(29-20(15)25)14-10-8-7-9-11-14/h7-13,18H,1-6H3. The van der Waals surface area contributed by atoms with Gasteiger partial charge in [-0.25, -0.2) is 14.4 Å². The first-order valence-corrected chi connectivity index (χ1v) is 10.1. The van der Waals surface area contributed by atoms with Gasteiger partial charge in [-0.15, -0.1) is 0 Å². The average molecular weight is 442 g/mol. The van der Waals surface area contributed by atoms with Gasteiger partial charge in [0.05, 0.1) is 11.1 Å². The second-order valence-electron chi connectivity index (χ2n) is 9.18. The summed E-state index contributed by atoms with van der Waals surface area (Å²) in [6.07, 6.45) is -2.88. The fourth-order valence-corrected chi connectivity index (χ4v) is 3.01. The lowest BCUT2D eigenvalue weighted by molar-refractivity contribution is 0.0132. The van der Waals surface area contributed by atoms with Crippen LogP contribution < -0.4 is 9.47 Å². The first-order valence-electron chi connectivity index (χ1n) is 10.1. The largest absolute Gasteiger partial charge is 0.514 e. The second kappa shape index (κ2) is 8.53. The maximum atomic E-state index is 12.5. The summed E-state index contributed by atoms with van der Waals surface area (Å²) in [7, 11) is 0. The molecule has 1 heterocycles. The van der Waals surface area contributed by atoms with Gasteiger partial charge in [0.25, 0.3) is 0 Å².